The number of rotatable bonds is 8. The third-order valence-electron chi connectivity index (χ3n) is 3.74. The normalized spacial score (nSPS) is 26.8. The van der Waals surface area contributed by atoms with Crippen LogP contribution in [0.4, 0.5) is 0 Å². The number of ether oxygens (including phenoxy) is 2. The fourth-order valence-corrected chi connectivity index (χ4v) is 2.67. The highest BCUT2D eigenvalue weighted by Crippen LogP contribution is 2.17. The van der Waals surface area contributed by atoms with Crippen LogP contribution in [0.3, 0.4) is 0 Å². The highest BCUT2D eigenvalue weighted by molar-refractivity contribution is 4.85. The van der Waals surface area contributed by atoms with E-state index in [9.17, 15) is 0 Å². The Labute approximate surface area is 118 Å². The van der Waals surface area contributed by atoms with Gasteiger partial charge in [0.2, 0.25) is 0 Å². The van der Waals surface area contributed by atoms with Gasteiger partial charge >= 0.3 is 0 Å². The van der Waals surface area contributed by atoms with Crippen LogP contribution >= 0.6 is 0 Å². The molecular weight excluding hydrogens is 240 g/mol. The Hall–Kier alpha value is -0.160. The van der Waals surface area contributed by atoms with Crippen LogP contribution in [-0.2, 0) is 9.47 Å². The molecule has 0 aromatic rings. The van der Waals surface area contributed by atoms with E-state index in [-0.39, 0.29) is 0 Å². The summed E-state index contributed by atoms with van der Waals surface area (Å²) >= 11 is 0. The fourth-order valence-electron chi connectivity index (χ4n) is 2.67. The zero-order valence-corrected chi connectivity index (χ0v) is 13.3. The summed E-state index contributed by atoms with van der Waals surface area (Å²) in [5.41, 5.74) is 0. The first kappa shape index (κ1) is 16.9. The van der Waals surface area contributed by atoms with Gasteiger partial charge in [0.1, 0.15) is 0 Å². The Bertz CT molecular complexity index is 236. The smallest absolute Gasteiger partial charge is 0.0674 e. The lowest BCUT2D eigenvalue weighted by atomic mass is 10.1. The highest BCUT2D eigenvalue weighted by Gasteiger charge is 2.30. The van der Waals surface area contributed by atoms with Crippen LogP contribution in [0.2, 0.25) is 0 Å². The number of methoxy groups -OCH3 is 1. The summed E-state index contributed by atoms with van der Waals surface area (Å²) < 4.78 is 11.2. The van der Waals surface area contributed by atoms with Crippen molar-refractivity contribution in [3.8, 4) is 0 Å². The van der Waals surface area contributed by atoms with Gasteiger partial charge in [0.15, 0.2) is 0 Å². The summed E-state index contributed by atoms with van der Waals surface area (Å²) in [4.78, 5) is 2.57. The molecule has 0 saturated carbocycles. The zero-order chi connectivity index (χ0) is 14.3. The molecule has 0 spiro atoms. The molecule has 1 N–H and O–H groups in total. The Balaban J connectivity index is 2.55. The topological polar surface area (TPSA) is 33.7 Å². The van der Waals surface area contributed by atoms with Gasteiger partial charge in [-0.25, -0.2) is 0 Å². The third-order valence-corrected chi connectivity index (χ3v) is 3.74. The van der Waals surface area contributed by atoms with Crippen molar-refractivity contribution in [2.24, 2.45) is 5.92 Å². The van der Waals surface area contributed by atoms with Gasteiger partial charge in [0.25, 0.3) is 0 Å². The van der Waals surface area contributed by atoms with Crippen molar-refractivity contribution in [1.29, 1.82) is 0 Å². The monoisotopic (exact) mass is 272 g/mol. The van der Waals surface area contributed by atoms with E-state index in [0.29, 0.717) is 24.1 Å². The zero-order valence-electron chi connectivity index (χ0n) is 13.3. The summed E-state index contributed by atoms with van der Waals surface area (Å²) in [7, 11) is 1.79. The van der Waals surface area contributed by atoms with E-state index in [2.05, 4.69) is 37.9 Å². The quantitative estimate of drug-likeness (QED) is 0.730. The SMILES string of the molecule is CCC1COC(C)CN1C(CNCC(C)C)COC. The molecule has 0 aliphatic carbocycles. The molecular formula is C15H32N2O2. The van der Waals surface area contributed by atoms with Gasteiger partial charge in [0, 0.05) is 32.3 Å². The standard InChI is InChI=1S/C15H32N2O2/c1-6-14-11-19-13(4)9-17(14)15(10-18-5)8-16-7-12(2)3/h12-16H,6-11H2,1-5H3. The van der Waals surface area contributed by atoms with Crippen molar-refractivity contribution in [1.82, 2.24) is 10.2 Å². The van der Waals surface area contributed by atoms with Crippen molar-refractivity contribution in [2.75, 3.05) is 40.0 Å². The molecule has 114 valence electrons. The number of hydrogen-bond donors (Lipinski definition) is 1. The van der Waals surface area contributed by atoms with Crippen LogP contribution in [0.1, 0.15) is 34.1 Å². The summed E-state index contributed by atoms with van der Waals surface area (Å²) in [6.07, 6.45) is 1.46. The minimum absolute atomic E-state index is 0.326. The number of nitrogens with zero attached hydrogens (tertiary/aromatic N) is 1. The highest BCUT2D eigenvalue weighted by atomic mass is 16.5. The van der Waals surface area contributed by atoms with Crippen molar-refractivity contribution in [2.45, 2.75) is 52.3 Å². The van der Waals surface area contributed by atoms with Crippen molar-refractivity contribution < 1.29 is 9.47 Å². The molecule has 4 nitrogen and oxygen atoms in total. The molecule has 0 aromatic heterocycles. The average molecular weight is 272 g/mol. The van der Waals surface area contributed by atoms with Gasteiger partial charge in [-0.05, 0) is 25.8 Å². The van der Waals surface area contributed by atoms with Crippen LogP contribution in [0.5, 0.6) is 0 Å². The van der Waals surface area contributed by atoms with E-state index in [1.54, 1.807) is 7.11 Å². The maximum Gasteiger partial charge on any atom is 0.0674 e. The lowest BCUT2D eigenvalue weighted by molar-refractivity contribution is -0.0816. The Morgan fingerprint density at radius 2 is 2.11 bits per heavy atom. The van der Waals surface area contributed by atoms with E-state index >= 15 is 0 Å². The van der Waals surface area contributed by atoms with Crippen LogP contribution in [0.15, 0.2) is 0 Å². The molecule has 1 fully saturated rings. The summed E-state index contributed by atoms with van der Waals surface area (Å²) in [5.74, 6) is 0.689. The maximum atomic E-state index is 5.78. The first-order chi connectivity index (χ1) is 9.08. The average Bonchev–Trinajstić information content (AvgIpc) is 2.37. The van der Waals surface area contributed by atoms with Crippen molar-refractivity contribution in [3.05, 3.63) is 0 Å². The molecule has 4 heteroatoms. The summed E-state index contributed by atoms with van der Waals surface area (Å²) in [6, 6.07) is 0.970. The van der Waals surface area contributed by atoms with Crippen LogP contribution in [0, 0.1) is 5.92 Å². The van der Waals surface area contributed by atoms with Gasteiger partial charge in [-0.3, -0.25) is 4.90 Å². The fraction of sp³-hybridized carbons (Fsp3) is 1.00. The van der Waals surface area contributed by atoms with E-state index in [1.165, 1.54) is 0 Å². The largest absolute Gasteiger partial charge is 0.383 e. The Morgan fingerprint density at radius 3 is 2.68 bits per heavy atom. The number of hydrogen-bond acceptors (Lipinski definition) is 4. The van der Waals surface area contributed by atoms with Gasteiger partial charge in [-0.2, -0.15) is 0 Å². The molecule has 1 heterocycles. The second-order valence-electron chi connectivity index (χ2n) is 6.06. The Kier molecular flexibility index (Phi) is 7.91. The molecule has 0 bridgehead atoms. The lowest BCUT2D eigenvalue weighted by Crippen LogP contribution is -2.57. The van der Waals surface area contributed by atoms with Crippen LogP contribution in [0.25, 0.3) is 0 Å². The molecule has 0 aromatic carbocycles. The predicted molar refractivity (Wildman–Crippen MR) is 79.6 cm³/mol. The molecule has 19 heavy (non-hydrogen) atoms. The molecule has 3 unspecified atom stereocenters. The van der Waals surface area contributed by atoms with Gasteiger partial charge in [-0.1, -0.05) is 20.8 Å². The number of morpholine rings is 1. The first-order valence-corrected chi connectivity index (χ1v) is 7.65. The third kappa shape index (κ3) is 5.78. The van der Waals surface area contributed by atoms with E-state index < -0.39 is 0 Å². The van der Waals surface area contributed by atoms with E-state index in [1.807, 2.05) is 0 Å². The van der Waals surface area contributed by atoms with Crippen LogP contribution < -0.4 is 5.32 Å². The molecule has 0 radical (unpaired) electrons. The minimum atomic E-state index is 0.326. The summed E-state index contributed by atoms with van der Waals surface area (Å²) in [5, 5.41) is 3.56. The lowest BCUT2D eigenvalue weighted by Gasteiger charge is -2.43. The van der Waals surface area contributed by atoms with E-state index in [4.69, 9.17) is 9.47 Å². The molecule has 3 atom stereocenters. The number of nitrogens with one attached hydrogen (secondary N) is 1. The second kappa shape index (κ2) is 8.90. The maximum absolute atomic E-state index is 5.78. The minimum Gasteiger partial charge on any atom is -0.383 e. The second-order valence-corrected chi connectivity index (χ2v) is 6.06. The molecule has 1 aliphatic heterocycles. The Morgan fingerprint density at radius 1 is 1.37 bits per heavy atom. The van der Waals surface area contributed by atoms with E-state index in [0.717, 1.165) is 39.3 Å². The molecule has 1 saturated heterocycles. The van der Waals surface area contributed by atoms with Crippen molar-refractivity contribution >= 4 is 0 Å². The van der Waals surface area contributed by atoms with Crippen molar-refractivity contribution in [3.63, 3.8) is 0 Å². The predicted octanol–water partition coefficient (Wildman–Crippen LogP) is 1.75. The first-order valence-electron chi connectivity index (χ1n) is 7.65. The molecule has 1 rings (SSSR count). The van der Waals surface area contributed by atoms with Gasteiger partial charge in [-0.15, -0.1) is 0 Å². The summed E-state index contributed by atoms with van der Waals surface area (Å²) in [6.45, 7) is 13.6. The van der Waals surface area contributed by atoms with Gasteiger partial charge in [0.05, 0.1) is 19.3 Å². The van der Waals surface area contributed by atoms with Crippen LogP contribution in [-0.4, -0.2) is 63.0 Å². The van der Waals surface area contributed by atoms with Gasteiger partial charge < -0.3 is 14.8 Å². The molecule has 0 amide bonds. The molecule has 1 aliphatic rings.